The summed E-state index contributed by atoms with van der Waals surface area (Å²) in [5.41, 5.74) is 4.92. The van der Waals surface area contributed by atoms with E-state index in [0.717, 1.165) is 49.5 Å². The van der Waals surface area contributed by atoms with Gasteiger partial charge >= 0.3 is 0 Å². The van der Waals surface area contributed by atoms with Gasteiger partial charge in [-0.3, -0.25) is 14.6 Å². The largest absolute Gasteiger partial charge is 0.444 e. The molecule has 0 saturated carbocycles. The van der Waals surface area contributed by atoms with Crippen molar-refractivity contribution in [2.75, 3.05) is 38.0 Å². The number of piperazine rings is 1. The van der Waals surface area contributed by atoms with E-state index in [1.54, 1.807) is 18.4 Å². The number of oxazole rings is 1. The van der Waals surface area contributed by atoms with Crippen molar-refractivity contribution in [2.24, 2.45) is 0 Å². The molecule has 7 heteroatoms. The van der Waals surface area contributed by atoms with Crippen LogP contribution in [-0.2, 0) is 11.3 Å². The molecule has 1 aliphatic rings. The normalized spacial score (nSPS) is 15.2. The number of halogens is 1. The van der Waals surface area contributed by atoms with Crippen LogP contribution in [0.15, 0.2) is 53.1 Å². The molecule has 1 aromatic heterocycles. The minimum atomic E-state index is -0.317. The molecular formula is C24H27FN4O2. The molecule has 0 atom stereocenters. The number of hydrogen-bond donors (Lipinski definition) is 1. The fourth-order valence-corrected chi connectivity index (χ4v) is 3.83. The molecule has 4 rings (SSSR count). The van der Waals surface area contributed by atoms with Crippen molar-refractivity contribution in [3.05, 3.63) is 71.4 Å². The first-order valence-electron chi connectivity index (χ1n) is 10.5. The number of carbonyl (C=O) groups excluding carboxylic acids is 1. The average Bonchev–Trinajstić information content (AvgIpc) is 3.19. The molecule has 2 aromatic carbocycles. The molecule has 162 valence electrons. The minimum absolute atomic E-state index is 0.0883. The number of carbonyl (C=O) groups is 1. The number of rotatable bonds is 6. The SMILES string of the molecule is Cc1ccc(-c2nc(CN3CCN(CC(=O)Nc4ccc(F)cc4)CC3)co2)c(C)c1. The lowest BCUT2D eigenvalue weighted by molar-refractivity contribution is -0.117. The van der Waals surface area contributed by atoms with Crippen LogP contribution >= 0.6 is 0 Å². The molecule has 31 heavy (non-hydrogen) atoms. The predicted molar refractivity (Wildman–Crippen MR) is 118 cm³/mol. The average molecular weight is 423 g/mol. The third-order valence-electron chi connectivity index (χ3n) is 5.51. The summed E-state index contributed by atoms with van der Waals surface area (Å²) in [6.07, 6.45) is 1.73. The highest BCUT2D eigenvalue weighted by molar-refractivity contribution is 5.92. The summed E-state index contributed by atoms with van der Waals surface area (Å²) >= 11 is 0. The van der Waals surface area contributed by atoms with Crippen LogP contribution in [0.3, 0.4) is 0 Å². The highest BCUT2D eigenvalue weighted by Gasteiger charge is 2.20. The number of anilines is 1. The van der Waals surface area contributed by atoms with Gasteiger partial charge in [0.15, 0.2) is 0 Å². The standard InChI is InChI=1S/C24H27FN4O2/c1-17-3-8-22(18(2)13-17)24-27-21(16-31-24)14-28-9-11-29(12-10-28)15-23(30)26-20-6-4-19(25)5-7-20/h3-8,13,16H,9-12,14-15H2,1-2H3,(H,26,30). The summed E-state index contributed by atoms with van der Waals surface area (Å²) < 4.78 is 18.7. The monoisotopic (exact) mass is 422 g/mol. The van der Waals surface area contributed by atoms with Crippen molar-refractivity contribution in [1.82, 2.24) is 14.8 Å². The number of aromatic nitrogens is 1. The molecule has 6 nitrogen and oxygen atoms in total. The van der Waals surface area contributed by atoms with Gasteiger partial charge in [0.05, 0.1) is 12.2 Å². The molecular weight excluding hydrogens is 395 g/mol. The lowest BCUT2D eigenvalue weighted by Gasteiger charge is -2.33. The first-order chi connectivity index (χ1) is 15.0. The zero-order chi connectivity index (χ0) is 21.8. The van der Waals surface area contributed by atoms with Gasteiger partial charge in [-0.05, 0) is 49.7 Å². The molecule has 1 aliphatic heterocycles. The highest BCUT2D eigenvalue weighted by atomic mass is 19.1. The van der Waals surface area contributed by atoms with Crippen molar-refractivity contribution in [1.29, 1.82) is 0 Å². The molecule has 0 bridgehead atoms. The van der Waals surface area contributed by atoms with E-state index in [1.165, 1.54) is 17.7 Å². The topological polar surface area (TPSA) is 61.6 Å². The second kappa shape index (κ2) is 9.41. The van der Waals surface area contributed by atoms with Crippen molar-refractivity contribution < 1.29 is 13.6 Å². The van der Waals surface area contributed by atoms with Gasteiger partial charge in [0.2, 0.25) is 11.8 Å². The Kier molecular flexibility index (Phi) is 6.44. The number of benzene rings is 2. The first-order valence-corrected chi connectivity index (χ1v) is 10.5. The second-order valence-corrected chi connectivity index (χ2v) is 8.07. The highest BCUT2D eigenvalue weighted by Crippen LogP contribution is 2.24. The molecule has 0 unspecified atom stereocenters. The third kappa shape index (κ3) is 5.57. The van der Waals surface area contributed by atoms with E-state index < -0.39 is 0 Å². The van der Waals surface area contributed by atoms with Crippen LogP contribution in [0, 0.1) is 19.7 Å². The Hall–Kier alpha value is -3.03. The Morgan fingerprint density at radius 2 is 1.77 bits per heavy atom. The molecule has 0 spiro atoms. The summed E-state index contributed by atoms with van der Waals surface area (Å²) in [6.45, 7) is 8.51. The second-order valence-electron chi connectivity index (χ2n) is 8.07. The summed E-state index contributed by atoms with van der Waals surface area (Å²) in [4.78, 5) is 21.4. The molecule has 0 aliphatic carbocycles. The molecule has 1 fully saturated rings. The Labute approximate surface area is 181 Å². The van der Waals surface area contributed by atoms with E-state index in [1.807, 2.05) is 0 Å². The zero-order valence-electron chi connectivity index (χ0n) is 17.9. The van der Waals surface area contributed by atoms with Crippen LogP contribution in [-0.4, -0.2) is 53.4 Å². The molecule has 1 amide bonds. The van der Waals surface area contributed by atoms with Gasteiger partial charge < -0.3 is 9.73 Å². The maximum absolute atomic E-state index is 13.0. The van der Waals surface area contributed by atoms with Crippen LogP contribution < -0.4 is 5.32 Å². The molecule has 2 heterocycles. The van der Waals surface area contributed by atoms with Gasteiger partial charge in [0.1, 0.15) is 12.1 Å². The Balaban J connectivity index is 1.25. The first kappa shape index (κ1) is 21.2. The van der Waals surface area contributed by atoms with Gasteiger partial charge in [0, 0.05) is 44.0 Å². The van der Waals surface area contributed by atoms with Crippen molar-refractivity contribution in [2.45, 2.75) is 20.4 Å². The number of aryl methyl sites for hydroxylation is 2. The van der Waals surface area contributed by atoms with E-state index in [2.05, 4.69) is 52.1 Å². The van der Waals surface area contributed by atoms with Gasteiger partial charge in [-0.1, -0.05) is 17.7 Å². The molecule has 3 aromatic rings. The lowest BCUT2D eigenvalue weighted by atomic mass is 10.1. The fourth-order valence-electron chi connectivity index (χ4n) is 3.83. The minimum Gasteiger partial charge on any atom is -0.444 e. The van der Waals surface area contributed by atoms with Crippen LogP contribution in [0.1, 0.15) is 16.8 Å². The number of hydrogen-bond acceptors (Lipinski definition) is 5. The maximum atomic E-state index is 13.0. The fraction of sp³-hybridized carbons (Fsp3) is 0.333. The summed E-state index contributed by atoms with van der Waals surface area (Å²) in [7, 11) is 0. The number of nitrogens with one attached hydrogen (secondary N) is 1. The van der Waals surface area contributed by atoms with Gasteiger partial charge in [-0.2, -0.15) is 0 Å². The Morgan fingerprint density at radius 3 is 2.48 bits per heavy atom. The van der Waals surface area contributed by atoms with E-state index in [0.29, 0.717) is 18.1 Å². The van der Waals surface area contributed by atoms with Crippen LogP contribution in [0.2, 0.25) is 0 Å². The van der Waals surface area contributed by atoms with Crippen molar-refractivity contribution in [3.63, 3.8) is 0 Å². The lowest BCUT2D eigenvalue weighted by Crippen LogP contribution is -2.48. The number of nitrogens with zero attached hydrogens (tertiary/aromatic N) is 3. The van der Waals surface area contributed by atoms with Crippen LogP contribution in [0.4, 0.5) is 10.1 Å². The maximum Gasteiger partial charge on any atom is 0.238 e. The quantitative estimate of drug-likeness (QED) is 0.654. The van der Waals surface area contributed by atoms with Crippen molar-refractivity contribution in [3.8, 4) is 11.5 Å². The van der Waals surface area contributed by atoms with Crippen LogP contribution in [0.25, 0.3) is 11.5 Å². The van der Waals surface area contributed by atoms with Crippen LogP contribution in [0.5, 0.6) is 0 Å². The Bertz CT molecular complexity index is 1040. The van der Waals surface area contributed by atoms with Crippen molar-refractivity contribution >= 4 is 11.6 Å². The molecule has 0 radical (unpaired) electrons. The zero-order valence-corrected chi connectivity index (χ0v) is 17.9. The summed E-state index contributed by atoms with van der Waals surface area (Å²) in [5, 5.41) is 2.81. The summed E-state index contributed by atoms with van der Waals surface area (Å²) in [5.74, 6) is 0.251. The Morgan fingerprint density at radius 1 is 1.06 bits per heavy atom. The molecule has 1 N–H and O–H groups in total. The third-order valence-corrected chi connectivity index (χ3v) is 5.51. The summed E-state index contributed by atoms with van der Waals surface area (Å²) in [6, 6.07) is 12.1. The van der Waals surface area contributed by atoms with E-state index in [-0.39, 0.29) is 11.7 Å². The molecule has 1 saturated heterocycles. The van der Waals surface area contributed by atoms with E-state index in [4.69, 9.17) is 4.42 Å². The van der Waals surface area contributed by atoms with Gasteiger partial charge in [-0.15, -0.1) is 0 Å². The van der Waals surface area contributed by atoms with E-state index >= 15 is 0 Å². The number of amides is 1. The predicted octanol–water partition coefficient (Wildman–Crippen LogP) is 3.85. The van der Waals surface area contributed by atoms with Gasteiger partial charge in [-0.25, -0.2) is 9.37 Å². The van der Waals surface area contributed by atoms with E-state index in [9.17, 15) is 9.18 Å². The smallest absolute Gasteiger partial charge is 0.238 e. The van der Waals surface area contributed by atoms with Gasteiger partial charge in [0.25, 0.3) is 0 Å².